The lowest BCUT2D eigenvalue weighted by Gasteiger charge is -2.14. The Balaban J connectivity index is 1.84. The molecule has 0 aromatic carbocycles. The van der Waals surface area contributed by atoms with E-state index in [2.05, 4.69) is 18.9 Å². The molecule has 1 saturated heterocycles. The molecule has 0 aliphatic carbocycles. The Labute approximate surface area is 115 Å². The average Bonchev–Trinajstić information content (AvgIpc) is 3.03. The van der Waals surface area contributed by atoms with E-state index < -0.39 is 0 Å². The van der Waals surface area contributed by atoms with E-state index in [-0.39, 0.29) is 6.10 Å². The van der Waals surface area contributed by atoms with E-state index in [4.69, 9.17) is 4.74 Å². The van der Waals surface area contributed by atoms with E-state index in [1.807, 2.05) is 16.9 Å². The van der Waals surface area contributed by atoms with Crippen molar-refractivity contribution in [2.75, 3.05) is 13.2 Å². The summed E-state index contributed by atoms with van der Waals surface area (Å²) in [6.07, 6.45) is 6.51. The standard InChI is InChI=1S/C15H26N2O2/c1-3-14(4-2)17-7-5-13(16-17)10-15(18)9-12-6-8-19-11-12/h5,7,12,14-15,18H,3-4,6,8-11H2,1-2H3. The number of aliphatic hydroxyl groups excluding tert-OH is 1. The fraction of sp³-hybridized carbons (Fsp3) is 0.800. The highest BCUT2D eigenvalue weighted by Crippen LogP contribution is 2.20. The lowest BCUT2D eigenvalue weighted by atomic mass is 9.98. The summed E-state index contributed by atoms with van der Waals surface area (Å²) in [7, 11) is 0. The molecule has 4 nitrogen and oxygen atoms in total. The Bertz CT molecular complexity index is 368. The van der Waals surface area contributed by atoms with Crippen LogP contribution < -0.4 is 0 Å². The summed E-state index contributed by atoms with van der Waals surface area (Å²) in [5.74, 6) is 0.524. The number of hydrogen-bond donors (Lipinski definition) is 1. The maximum Gasteiger partial charge on any atom is 0.0650 e. The van der Waals surface area contributed by atoms with Gasteiger partial charge in [-0.15, -0.1) is 0 Å². The van der Waals surface area contributed by atoms with Crippen LogP contribution >= 0.6 is 0 Å². The van der Waals surface area contributed by atoms with Gasteiger partial charge >= 0.3 is 0 Å². The lowest BCUT2D eigenvalue weighted by molar-refractivity contribution is 0.128. The molecule has 4 heteroatoms. The van der Waals surface area contributed by atoms with Gasteiger partial charge in [-0.1, -0.05) is 13.8 Å². The molecule has 2 heterocycles. The molecule has 1 aliphatic heterocycles. The van der Waals surface area contributed by atoms with Crippen molar-refractivity contribution in [2.45, 2.75) is 58.1 Å². The molecule has 1 aliphatic rings. The van der Waals surface area contributed by atoms with Crippen LogP contribution in [0.4, 0.5) is 0 Å². The van der Waals surface area contributed by atoms with Gasteiger partial charge in [-0.05, 0) is 37.7 Å². The van der Waals surface area contributed by atoms with Crippen LogP contribution in [0.1, 0.15) is 51.3 Å². The first-order chi connectivity index (χ1) is 9.22. The van der Waals surface area contributed by atoms with Gasteiger partial charge in [0.1, 0.15) is 0 Å². The molecule has 1 aromatic rings. The number of nitrogens with zero attached hydrogens (tertiary/aromatic N) is 2. The van der Waals surface area contributed by atoms with Gasteiger partial charge in [-0.25, -0.2) is 0 Å². The van der Waals surface area contributed by atoms with Crippen LogP contribution in [0.25, 0.3) is 0 Å². The zero-order chi connectivity index (χ0) is 13.7. The van der Waals surface area contributed by atoms with Crippen molar-refractivity contribution in [1.29, 1.82) is 0 Å². The monoisotopic (exact) mass is 266 g/mol. The minimum atomic E-state index is -0.295. The van der Waals surface area contributed by atoms with Gasteiger partial charge in [-0.3, -0.25) is 4.68 Å². The molecular formula is C15H26N2O2. The van der Waals surface area contributed by atoms with Crippen LogP contribution in [0.2, 0.25) is 0 Å². The molecule has 0 bridgehead atoms. The molecule has 0 amide bonds. The maximum absolute atomic E-state index is 10.1. The van der Waals surface area contributed by atoms with E-state index in [1.165, 1.54) is 0 Å². The van der Waals surface area contributed by atoms with Crippen molar-refractivity contribution in [2.24, 2.45) is 5.92 Å². The molecule has 0 spiro atoms. The molecule has 1 aromatic heterocycles. The predicted molar refractivity (Wildman–Crippen MR) is 75.1 cm³/mol. The molecule has 1 N–H and O–H groups in total. The Morgan fingerprint density at radius 2 is 2.26 bits per heavy atom. The normalized spacial score (nSPS) is 21.2. The molecular weight excluding hydrogens is 240 g/mol. The Morgan fingerprint density at radius 3 is 2.89 bits per heavy atom. The second kappa shape index (κ2) is 7.06. The third kappa shape index (κ3) is 4.05. The number of aromatic nitrogens is 2. The molecule has 19 heavy (non-hydrogen) atoms. The van der Waals surface area contributed by atoms with Crippen LogP contribution in [-0.2, 0) is 11.2 Å². The lowest BCUT2D eigenvalue weighted by Crippen LogP contribution is -2.17. The minimum Gasteiger partial charge on any atom is -0.393 e. The fourth-order valence-electron chi connectivity index (χ4n) is 2.83. The van der Waals surface area contributed by atoms with Gasteiger partial charge in [0.25, 0.3) is 0 Å². The first kappa shape index (κ1) is 14.5. The van der Waals surface area contributed by atoms with Crippen LogP contribution in [-0.4, -0.2) is 34.2 Å². The smallest absolute Gasteiger partial charge is 0.0650 e. The van der Waals surface area contributed by atoms with E-state index in [0.29, 0.717) is 18.4 Å². The summed E-state index contributed by atoms with van der Waals surface area (Å²) in [5, 5.41) is 14.7. The van der Waals surface area contributed by atoms with Crippen LogP contribution in [0.3, 0.4) is 0 Å². The summed E-state index contributed by atoms with van der Waals surface area (Å²) in [5.41, 5.74) is 0.998. The molecule has 1 fully saturated rings. The first-order valence-electron chi connectivity index (χ1n) is 7.52. The fourth-order valence-corrected chi connectivity index (χ4v) is 2.83. The Morgan fingerprint density at radius 1 is 1.47 bits per heavy atom. The van der Waals surface area contributed by atoms with Crippen LogP contribution in [0.5, 0.6) is 0 Å². The molecule has 0 saturated carbocycles. The number of ether oxygens (including phenoxy) is 1. The van der Waals surface area contributed by atoms with Gasteiger partial charge in [0, 0.05) is 25.8 Å². The highest BCUT2D eigenvalue weighted by molar-refractivity contribution is 5.01. The van der Waals surface area contributed by atoms with Crippen LogP contribution in [0.15, 0.2) is 12.3 Å². The predicted octanol–water partition coefficient (Wildman–Crippen LogP) is 2.57. The Hall–Kier alpha value is -0.870. The van der Waals surface area contributed by atoms with Gasteiger partial charge in [0.2, 0.25) is 0 Å². The van der Waals surface area contributed by atoms with E-state index in [1.54, 1.807) is 0 Å². The second-order valence-electron chi connectivity index (χ2n) is 5.58. The van der Waals surface area contributed by atoms with Crippen molar-refractivity contribution in [3.63, 3.8) is 0 Å². The molecule has 2 rings (SSSR count). The van der Waals surface area contributed by atoms with Gasteiger partial charge in [-0.2, -0.15) is 5.10 Å². The SMILES string of the molecule is CCC(CC)n1ccc(CC(O)CC2CCOC2)n1. The minimum absolute atomic E-state index is 0.295. The van der Waals surface area contributed by atoms with Crippen molar-refractivity contribution in [1.82, 2.24) is 9.78 Å². The van der Waals surface area contributed by atoms with Gasteiger partial charge < -0.3 is 9.84 Å². The van der Waals surface area contributed by atoms with Crippen LogP contribution in [0, 0.1) is 5.92 Å². The molecule has 2 unspecified atom stereocenters. The molecule has 0 radical (unpaired) electrons. The van der Waals surface area contributed by atoms with Crippen molar-refractivity contribution in [3.8, 4) is 0 Å². The summed E-state index contributed by atoms with van der Waals surface area (Å²) >= 11 is 0. The summed E-state index contributed by atoms with van der Waals surface area (Å²) in [6.45, 7) is 6.02. The number of aliphatic hydroxyl groups is 1. The topological polar surface area (TPSA) is 47.3 Å². The van der Waals surface area contributed by atoms with Crippen molar-refractivity contribution in [3.05, 3.63) is 18.0 Å². The second-order valence-corrected chi connectivity index (χ2v) is 5.58. The summed E-state index contributed by atoms with van der Waals surface area (Å²) in [6, 6.07) is 2.52. The van der Waals surface area contributed by atoms with E-state index in [9.17, 15) is 5.11 Å². The highest BCUT2D eigenvalue weighted by atomic mass is 16.5. The average molecular weight is 266 g/mol. The number of hydrogen-bond acceptors (Lipinski definition) is 3. The zero-order valence-electron chi connectivity index (χ0n) is 12.1. The first-order valence-corrected chi connectivity index (χ1v) is 7.52. The molecule has 2 atom stereocenters. The van der Waals surface area contributed by atoms with Gasteiger partial charge in [0.15, 0.2) is 0 Å². The van der Waals surface area contributed by atoms with Crippen molar-refractivity contribution >= 4 is 0 Å². The highest BCUT2D eigenvalue weighted by Gasteiger charge is 2.20. The zero-order valence-corrected chi connectivity index (χ0v) is 12.1. The number of rotatable bonds is 7. The van der Waals surface area contributed by atoms with Gasteiger partial charge in [0.05, 0.1) is 17.8 Å². The van der Waals surface area contributed by atoms with E-state index >= 15 is 0 Å². The third-order valence-electron chi connectivity index (χ3n) is 4.05. The third-order valence-corrected chi connectivity index (χ3v) is 4.05. The molecule has 108 valence electrons. The Kier molecular flexibility index (Phi) is 5.40. The quantitative estimate of drug-likeness (QED) is 0.825. The maximum atomic E-state index is 10.1. The summed E-state index contributed by atoms with van der Waals surface area (Å²) < 4.78 is 7.38. The summed E-state index contributed by atoms with van der Waals surface area (Å²) in [4.78, 5) is 0. The van der Waals surface area contributed by atoms with E-state index in [0.717, 1.165) is 44.6 Å². The van der Waals surface area contributed by atoms with Crippen molar-refractivity contribution < 1.29 is 9.84 Å². The largest absolute Gasteiger partial charge is 0.393 e.